The van der Waals surface area contributed by atoms with E-state index in [1.807, 2.05) is 6.07 Å². The van der Waals surface area contributed by atoms with Crippen LogP contribution in [0.25, 0.3) is 0 Å². The highest BCUT2D eigenvalue weighted by Gasteiger charge is 2.15. The van der Waals surface area contributed by atoms with Crippen LogP contribution in [0.15, 0.2) is 12.1 Å². The summed E-state index contributed by atoms with van der Waals surface area (Å²) >= 11 is 0. The van der Waals surface area contributed by atoms with Crippen molar-refractivity contribution in [3.63, 3.8) is 0 Å². The van der Waals surface area contributed by atoms with Gasteiger partial charge in [0.15, 0.2) is 11.6 Å². The molecule has 0 fully saturated rings. The first-order chi connectivity index (χ1) is 6.83. The van der Waals surface area contributed by atoms with Crippen molar-refractivity contribution in [2.24, 2.45) is 0 Å². The highest BCUT2D eigenvalue weighted by molar-refractivity contribution is 5.38. The van der Waals surface area contributed by atoms with Gasteiger partial charge in [0.25, 0.3) is 0 Å². The molecule has 0 bridgehead atoms. The zero-order valence-electron chi connectivity index (χ0n) is 8.48. The Kier molecular flexibility index (Phi) is 2.71. The molecular formula is C12H15FO. The number of hydrogen-bond donors (Lipinski definition) is 0. The van der Waals surface area contributed by atoms with Crippen LogP contribution in [0, 0.1) is 5.82 Å². The van der Waals surface area contributed by atoms with E-state index >= 15 is 0 Å². The molecule has 1 aliphatic rings. The molecule has 0 heterocycles. The van der Waals surface area contributed by atoms with Gasteiger partial charge in [-0.25, -0.2) is 4.39 Å². The zero-order chi connectivity index (χ0) is 9.97. The van der Waals surface area contributed by atoms with E-state index in [0.717, 1.165) is 24.8 Å². The summed E-state index contributed by atoms with van der Waals surface area (Å²) in [6, 6.07) is 3.74. The van der Waals surface area contributed by atoms with Crippen LogP contribution >= 0.6 is 0 Å². The van der Waals surface area contributed by atoms with Gasteiger partial charge in [-0.15, -0.1) is 0 Å². The largest absolute Gasteiger partial charge is 0.494 e. The lowest BCUT2D eigenvalue weighted by atomic mass is 10.0. The van der Waals surface area contributed by atoms with Crippen LogP contribution in [-0.2, 0) is 12.8 Å². The van der Waals surface area contributed by atoms with Gasteiger partial charge in [-0.2, -0.15) is 0 Å². The van der Waals surface area contributed by atoms with Gasteiger partial charge in [0.2, 0.25) is 0 Å². The molecule has 0 aromatic heterocycles. The van der Waals surface area contributed by atoms with E-state index < -0.39 is 0 Å². The van der Waals surface area contributed by atoms with Crippen molar-refractivity contribution in [2.45, 2.75) is 32.1 Å². The van der Waals surface area contributed by atoms with Crippen molar-refractivity contribution < 1.29 is 9.13 Å². The summed E-state index contributed by atoms with van der Waals surface area (Å²) in [5.41, 5.74) is 2.04. The molecule has 0 radical (unpaired) electrons. The Balaban J connectivity index is 2.44. The fourth-order valence-electron chi connectivity index (χ4n) is 2.10. The van der Waals surface area contributed by atoms with E-state index in [4.69, 9.17) is 4.74 Å². The van der Waals surface area contributed by atoms with Crippen LogP contribution in [0.4, 0.5) is 4.39 Å². The third-order valence-electron chi connectivity index (χ3n) is 2.90. The number of halogens is 1. The molecule has 0 atom stereocenters. The number of benzene rings is 1. The normalized spacial score (nSPS) is 15.9. The molecule has 76 valence electrons. The first kappa shape index (κ1) is 9.50. The molecule has 0 saturated carbocycles. The van der Waals surface area contributed by atoms with Gasteiger partial charge in [0, 0.05) is 0 Å². The number of fused-ring (bicyclic) bond motifs is 1. The van der Waals surface area contributed by atoms with E-state index in [1.54, 1.807) is 6.07 Å². The maximum absolute atomic E-state index is 13.8. The van der Waals surface area contributed by atoms with Gasteiger partial charge in [-0.3, -0.25) is 0 Å². The van der Waals surface area contributed by atoms with E-state index in [2.05, 4.69) is 0 Å². The standard InChI is InChI=1S/C12H15FO/c1-14-11-8-7-9-5-3-2-4-6-10(9)12(11)13/h7-8H,2-6H2,1H3. The molecule has 0 aliphatic heterocycles. The SMILES string of the molecule is COc1ccc2c(c1F)CCCCC2. The van der Waals surface area contributed by atoms with E-state index in [1.165, 1.54) is 25.5 Å². The third-order valence-corrected chi connectivity index (χ3v) is 2.90. The van der Waals surface area contributed by atoms with Crippen molar-refractivity contribution in [3.05, 3.63) is 29.1 Å². The Morgan fingerprint density at radius 1 is 1.14 bits per heavy atom. The van der Waals surface area contributed by atoms with Crippen molar-refractivity contribution >= 4 is 0 Å². The van der Waals surface area contributed by atoms with Crippen molar-refractivity contribution in [1.82, 2.24) is 0 Å². The Bertz CT molecular complexity index is 333. The molecule has 0 saturated heterocycles. The number of ether oxygens (including phenoxy) is 1. The molecule has 1 nitrogen and oxygen atoms in total. The fourth-order valence-corrected chi connectivity index (χ4v) is 2.10. The predicted octanol–water partition coefficient (Wildman–Crippen LogP) is 3.10. The van der Waals surface area contributed by atoms with Crippen molar-refractivity contribution in [3.8, 4) is 5.75 Å². The molecular weight excluding hydrogens is 179 g/mol. The van der Waals surface area contributed by atoms with E-state index in [0.29, 0.717) is 5.75 Å². The lowest BCUT2D eigenvalue weighted by Gasteiger charge is -2.10. The van der Waals surface area contributed by atoms with Crippen molar-refractivity contribution in [2.75, 3.05) is 7.11 Å². The summed E-state index contributed by atoms with van der Waals surface area (Å²) in [6.45, 7) is 0. The number of methoxy groups -OCH3 is 1. The van der Waals surface area contributed by atoms with Crippen molar-refractivity contribution in [1.29, 1.82) is 0 Å². The molecule has 2 rings (SSSR count). The third kappa shape index (κ3) is 1.61. The highest BCUT2D eigenvalue weighted by atomic mass is 19.1. The van der Waals surface area contributed by atoms with Crippen LogP contribution in [0.5, 0.6) is 5.75 Å². The summed E-state index contributed by atoms with van der Waals surface area (Å²) in [4.78, 5) is 0. The first-order valence-corrected chi connectivity index (χ1v) is 5.17. The predicted molar refractivity (Wildman–Crippen MR) is 54.2 cm³/mol. The number of hydrogen-bond acceptors (Lipinski definition) is 1. The van der Waals surface area contributed by atoms with E-state index in [-0.39, 0.29) is 5.82 Å². The zero-order valence-corrected chi connectivity index (χ0v) is 8.48. The Labute approximate surface area is 83.9 Å². The molecule has 0 unspecified atom stereocenters. The Morgan fingerprint density at radius 3 is 2.71 bits per heavy atom. The molecule has 2 heteroatoms. The smallest absolute Gasteiger partial charge is 0.168 e. The van der Waals surface area contributed by atoms with Gasteiger partial charge in [0.1, 0.15) is 0 Å². The van der Waals surface area contributed by atoms with Crippen LogP contribution in [0.1, 0.15) is 30.4 Å². The second-order valence-corrected chi connectivity index (χ2v) is 3.78. The van der Waals surface area contributed by atoms with Gasteiger partial charge in [-0.05, 0) is 42.9 Å². The van der Waals surface area contributed by atoms with Gasteiger partial charge in [-0.1, -0.05) is 12.5 Å². The molecule has 1 aromatic carbocycles. The average molecular weight is 194 g/mol. The Hall–Kier alpha value is -1.05. The molecule has 0 amide bonds. The summed E-state index contributed by atoms with van der Waals surface area (Å²) in [5, 5.41) is 0. The quantitative estimate of drug-likeness (QED) is 0.624. The van der Waals surface area contributed by atoms with Gasteiger partial charge >= 0.3 is 0 Å². The minimum atomic E-state index is -0.146. The fraction of sp³-hybridized carbons (Fsp3) is 0.500. The maximum Gasteiger partial charge on any atom is 0.168 e. The number of rotatable bonds is 1. The second-order valence-electron chi connectivity index (χ2n) is 3.78. The van der Waals surface area contributed by atoms with Gasteiger partial charge in [0.05, 0.1) is 7.11 Å². The lowest BCUT2D eigenvalue weighted by molar-refractivity contribution is 0.383. The van der Waals surface area contributed by atoms with Crippen LogP contribution in [-0.4, -0.2) is 7.11 Å². The average Bonchev–Trinajstić information content (AvgIpc) is 2.44. The summed E-state index contributed by atoms with van der Waals surface area (Å²) in [7, 11) is 1.52. The topological polar surface area (TPSA) is 9.23 Å². The highest BCUT2D eigenvalue weighted by Crippen LogP contribution is 2.28. The Morgan fingerprint density at radius 2 is 1.93 bits per heavy atom. The molecule has 0 N–H and O–H groups in total. The first-order valence-electron chi connectivity index (χ1n) is 5.17. The molecule has 0 spiro atoms. The lowest BCUT2D eigenvalue weighted by Crippen LogP contribution is -1.98. The second kappa shape index (κ2) is 3.99. The van der Waals surface area contributed by atoms with Gasteiger partial charge < -0.3 is 4.74 Å². The molecule has 1 aliphatic carbocycles. The summed E-state index contributed by atoms with van der Waals surface area (Å²) in [5.74, 6) is 0.234. The number of aryl methyl sites for hydroxylation is 1. The maximum atomic E-state index is 13.8. The van der Waals surface area contributed by atoms with Crippen LogP contribution < -0.4 is 4.74 Å². The van der Waals surface area contributed by atoms with Crippen LogP contribution in [0.3, 0.4) is 0 Å². The molecule has 1 aromatic rings. The minimum Gasteiger partial charge on any atom is -0.494 e. The van der Waals surface area contributed by atoms with E-state index in [9.17, 15) is 4.39 Å². The summed E-state index contributed by atoms with van der Waals surface area (Å²) < 4.78 is 18.8. The minimum absolute atomic E-state index is 0.146. The van der Waals surface area contributed by atoms with Crippen LogP contribution in [0.2, 0.25) is 0 Å². The monoisotopic (exact) mass is 194 g/mol. The molecule has 14 heavy (non-hydrogen) atoms. The summed E-state index contributed by atoms with van der Waals surface area (Å²) in [6.07, 6.45) is 5.35.